The summed E-state index contributed by atoms with van der Waals surface area (Å²) in [5, 5.41) is 39.2. The van der Waals surface area contributed by atoms with Crippen molar-refractivity contribution in [2.45, 2.75) is 44.5 Å². The molecule has 1 aliphatic carbocycles. The molecule has 2 heterocycles. The number of para-hydroxylation sites is 1. The van der Waals surface area contributed by atoms with Crippen LogP contribution < -0.4 is 4.74 Å². The molecule has 142 valence electrons. The number of hydrogen-bond acceptors (Lipinski definition) is 7. The highest BCUT2D eigenvalue weighted by atomic mass is 16.7. The second kappa shape index (κ2) is 6.23. The average molecular weight is 376 g/mol. The summed E-state index contributed by atoms with van der Waals surface area (Å²) in [6.45, 7) is 2.24. The van der Waals surface area contributed by atoms with Crippen LogP contribution in [0, 0.1) is 56.2 Å². The fourth-order valence-electron chi connectivity index (χ4n) is 5.12. The van der Waals surface area contributed by atoms with E-state index in [0.29, 0.717) is 30.8 Å². The summed E-state index contributed by atoms with van der Waals surface area (Å²) in [4.78, 5) is 0. The van der Waals surface area contributed by atoms with Gasteiger partial charge in [-0.25, -0.2) is 0 Å². The lowest BCUT2D eigenvalue weighted by molar-refractivity contribution is -0.294. The Hall–Kier alpha value is -3.08. The van der Waals surface area contributed by atoms with E-state index < -0.39 is 28.6 Å². The van der Waals surface area contributed by atoms with Gasteiger partial charge in [0.05, 0.1) is 30.7 Å². The Balaban J connectivity index is 2.00. The van der Waals surface area contributed by atoms with Gasteiger partial charge in [-0.05, 0) is 25.8 Å². The van der Waals surface area contributed by atoms with Crippen LogP contribution in [0.2, 0.25) is 0 Å². The van der Waals surface area contributed by atoms with Gasteiger partial charge in [0.1, 0.15) is 11.9 Å². The lowest BCUT2D eigenvalue weighted by Gasteiger charge is -2.51. The Morgan fingerprint density at radius 3 is 2.61 bits per heavy atom. The van der Waals surface area contributed by atoms with Crippen LogP contribution >= 0.6 is 0 Å². The quantitative estimate of drug-likeness (QED) is 0.860. The molecule has 3 fully saturated rings. The molecule has 28 heavy (non-hydrogen) atoms. The van der Waals surface area contributed by atoms with E-state index in [2.05, 4.69) is 18.2 Å². The summed E-state index contributed by atoms with van der Waals surface area (Å²) in [6, 6.07) is 13.4. The maximum Gasteiger partial charge on any atom is 0.217 e. The smallest absolute Gasteiger partial charge is 0.217 e. The highest BCUT2D eigenvalue weighted by molar-refractivity contribution is 5.89. The van der Waals surface area contributed by atoms with Crippen molar-refractivity contribution in [2.75, 3.05) is 6.61 Å². The van der Waals surface area contributed by atoms with Crippen molar-refractivity contribution < 1.29 is 14.2 Å². The monoisotopic (exact) mass is 376 g/mol. The molecule has 1 aromatic carbocycles. The SMILES string of the molecule is CCOc1ccccc1C1OC23CCCCC2C(C#N)(C(=N)O3)C1(C#N)C#N. The van der Waals surface area contributed by atoms with E-state index in [1.165, 1.54) is 0 Å². The molecule has 0 spiro atoms. The third-order valence-electron chi connectivity index (χ3n) is 6.32. The highest BCUT2D eigenvalue weighted by Gasteiger charge is 2.80. The largest absolute Gasteiger partial charge is 0.493 e. The molecule has 1 saturated carbocycles. The summed E-state index contributed by atoms with van der Waals surface area (Å²) >= 11 is 0. The van der Waals surface area contributed by atoms with Crippen LogP contribution in [0.1, 0.15) is 44.3 Å². The number of nitriles is 3. The zero-order valence-electron chi connectivity index (χ0n) is 15.6. The molecular formula is C21H20N4O3. The Labute approximate surface area is 163 Å². The molecule has 1 aromatic rings. The van der Waals surface area contributed by atoms with E-state index in [1.807, 2.05) is 6.92 Å². The van der Waals surface area contributed by atoms with Crippen molar-refractivity contribution in [1.82, 2.24) is 0 Å². The fraction of sp³-hybridized carbons (Fsp3) is 0.524. The van der Waals surface area contributed by atoms with Crippen molar-refractivity contribution in [3.05, 3.63) is 29.8 Å². The topological polar surface area (TPSA) is 123 Å². The second-order valence-electron chi connectivity index (χ2n) is 7.46. The van der Waals surface area contributed by atoms with Gasteiger partial charge in [-0.2, -0.15) is 15.8 Å². The van der Waals surface area contributed by atoms with E-state index in [9.17, 15) is 15.8 Å². The Morgan fingerprint density at radius 1 is 1.18 bits per heavy atom. The molecule has 7 nitrogen and oxygen atoms in total. The predicted molar refractivity (Wildman–Crippen MR) is 96.6 cm³/mol. The van der Waals surface area contributed by atoms with Crippen LogP contribution in [0.4, 0.5) is 0 Å². The molecule has 4 rings (SSSR count). The van der Waals surface area contributed by atoms with Crippen LogP contribution in [-0.4, -0.2) is 18.3 Å². The molecule has 3 aliphatic rings. The lowest BCUT2D eigenvalue weighted by Crippen LogP contribution is -2.60. The van der Waals surface area contributed by atoms with Gasteiger partial charge in [0, 0.05) is 12.0 Å². The van der Waals surface area contributed by atoms with Crippen molar-refractivity contribution in [3.8, 4) is 24.0 Å². The first-order valence-corrected chi connectivity index (χ1v) is 9.46. The van der Waals surface area contributed by atoms with Gasteiger partial charge in [-0.1, -0.05) is 24.6 Å². The molecule has 2 aliphatic heterocycles. The van der Waals surface area contributed by atoms with Crippen LogP contribution in [0.15, 0.2) is 24.3 Å². The van der Waals surface area contributed by atoms with Gasteiger partial charge in [-0.15, -0.1) is 0 Å². The maximum absolute atomic E-state index is 10.2. The minimum atomic E-state index is -1.92. The highest BCUT2D eigenvalue weighted by Crippen LogP contribution is 2.69. The maximum atomic E-state index is 10.2. The molecule has 4 atom stereocenters. The van der Waals surface area contributed by atoms with E-state index in [1.54, 1.807) is 24.3 Å². The van der Waals surface area contributed by atoms with Gasteiger partial charge >= 0.3 is 0 Å². The van der Waals surface area contributed by atoms with Crippen molar-refractivity contribution in [2.24, 2.45) is 16.7 Å². The lowest BCUT2D eigenvalue weighted by atomic mass is 9.51. The van der Waals surface area contributed by atoms with Crippen LogP contribution in [0.5, 0.6) is 5.75 Å². The van der Waals surface area contributed by atoms with Gasteiger partial charge in [0.25, 0.3) is 0 Å². The van der Waals surface area contributed by atoms with Crippen LogP contribution in [-0.2, 0) is 9.47 Å². The molecule has 0 aromatic heterocycles. The first kappa shape index (κ1) is 18.3. The second-order valence-corrected chi connectivity index (χ2v) is 7.46. The zero-order chi connectivity index (χ0) is 20.0. The fourth-order valence-corrected chi connectivity index (χ4v) is 5.12. The van der Waals surface area contributed by atoms with Gasteiger partial charge in [0.15, 0.2) is 5.41 Å². The number of nitrogens with zero attached hydrogens (tertiary/aromatic N) is 3. The van der Waals surface area contributed by atoms with Crippen LogP contribution in [0.3, 0.4) is 0 Å². The standard InChI is InChI=1S/C21H20N4O3/c1-2-26-15-8-4-3-7-14(15)17-19(11-22,12-23)20(13-24)16-9-5-6-10-21(16,27-17)28-18(20)25/h3-4,7-8,16-17,25H,2,5-6,9-10H2,1H3. The van der Waals surface area contributed by atoms with E-state index >= 15 is 0 Å². The summed E-state index contributed by atoms with van der Waals surface area (Å²) in [5.41, 5.74) is -3.08. The molecule has 4 unspecified atom stereocenters. The van der Waals surface area contributed by atoms with Crippen molar-refractivity contribution in [1.29, 1.82) is 21.2 Å². The van der Waals surface area contributed by atoms with E-state index in [-0.39, 0.29) is 5.90 Å². The third kappa shape index (κ3) is 1.96. The minimum absolute atomic E-state index is 0.332. The summed E-state index contributed by atoms with van der Waals surface area (Å²) in [6.07, 6.45) is 1.69. The molecule has 0 amide bonds. The third-order valence-corrected chi connectivity index (χ3v) is 6.32. The summed E-state index contributed by atoms with van der Waals surface area (Å²) < 4.78 is 18.0. The summed E-state index contributed by atoms with van der Waals surface area (Å²) in [7, 11) is 0. The number of hydrogen-bond donors (Lipinski definition) is 1. The summed E-state index contributed by atoms with van der Waals surface area (Å²) in [5.74, 6) is -1.52. The molecule has 7 heteroatoms. The van der Waals surface area contributed by atoms with Crippen molar-refractivity contribution >= 4 is 5.90 Å². The van der Waals surface area contributed by atoms with Gasteiger partial charge < -0.3 is 14.2 Å². The first-order valence-electron chi connectivity index (χ1n) is 9.46. The number of benzene rings is 1. The molecule has 2 saturated heterocycles. The van der Waals surface area contributed by atoms with E-state index in [4.69, 9.17) is 19.6 Å². The normalized spacial score (nSPS) is 34.9. The average Bonchev–Trinajstić information content (AvgIpc) is 2.93. The Bertz CT molecular complexity index is 942. The molecule has 0 radical (unpaired) electrons. The predicted octanol–water partition coefficient (Wildman–Crippen LogP) is 3.59. The molecule has 2 bridgehead atoms. The van der Waals surface area contributed by atoms with Gasteiger partial charge in [0.2, 0.25) is 17.1 Å². The van der Waals surface area contributed by atoms with Gasteiger partial charge in [-0.3, -0.25) is 5.41 Å². The van der Waals surface area contributed by atoms with Crippen LogP contribution in [0.25, 0.3) is 0 Å². The molecular weight excluding hydrogens is 356 g/mol. The minimum Gasteiger partial charge on any atom is -0.493 e. The van der Waals surface area contributed by atoms with E-state index in [0.717, 1.165) is 12.8 Å². The Morgan fingerprint density at radius 2 is 1.93 bits per heavy atom. The Kier molecular flexibility index (Phi) is 4.07. The number of ether oxygens (including phenoxy) is 3. The number of rotatable bonds is 3. The zero-order valence-corrected chi connectivity index (χ0v) is 15.6. The molecule has 1 N–H and O–H groups in total. The first-order chi connectivity index (χ1) is 13.5. The number of nitrogens with one attached hydrogen (secondary N) is 1. The van der Waals surface area contributed by atoms with Crippen molar-refractivity contribution in [3.63, 3.8) is 0 Å².